The van der Waals surface area contributed by atoms with Crippen LogP contribution in [0.5, 0.6) is 0 Å². The summed E-state index contributed by atoms with van der Waals surface area (Å²) in [7, 11) is 0. The van der Waals surface area contributed by atoms with Crippen molar-refractivity contribution < 1.29 is 4.79 Å². The highest BCUT2D eigenvalue weighted by atomic mass is 16.1. The summed E-state index contributed by atoms with van der Waals surface area (Å²) in [6, 6.07) is 7.86. The maximum Gasteiger partial charge on any atom is 0.190 e. The highest BCUT2D eigenvalue weighted by molar-refractivity contribution is 6.17. The first-order valence-corrected chi connectivity index (χ1v) is 12.1. The van der Waals surface area contributed by atoms with Crippen LogP contribution in [0, 0.1) is 16.7 Å². The van der Waals surface area contributed by atoms with Crippen LogP contribution in [0.2, 0.25) is 0 Å². The summed E-state index contributed by atoms with van der Waals surface area (Å²) >= 11 is 0. The Labute approximate surface area is 197 Å². The Balaban J connectivity index is 2.15. The molecule has 0 aliphatic heterocycles. The summed E-state index contributed by atoms with van der Waals surface area (Å²) in [5, 5.41) is 0. The molecular weight excluding hydrogens is 388 g/mol. The van der Waals surface area contributed by atoms with Gasteiger partial charge in [0.25, 0.3) is 0 Å². The second kappa shape index (κ2) is 10.2. The van der Waals surface area contributed by atoms with Crippen molar-refractivity contribution in [2.45, 2.75) is 88.0 Å². The SMILES string of the molecule is C=C1C(C)=C(C(C)(C)C/C=C(\C)CC(C)(C)C/C=C(/C)CC(C)C)C(=O)c2ccccc21. The molecule has 0 aromatic heterocycles. The molecule has 0 N–H and O–H groups in total. The summed E-state index contributed by atoms with van der Waals surface area (Å²) in [6.07, 6.45) is 8.97. The summed E-state index contributed by atoms with van der Waals surface area (Å²) in [6.45, 7) is 24.5. The van der Waals surface area contributed by atoms with Crippen LogP contribution >= 0.6 is 0 Å². The fraction of sp³-hybridized carbons (Fsp3) is 0.516. The van der Waals surface area contributed by atoms with E-state index in [1.54, 1.807) is 0 Å². The van der Waals surface area contributed by atoms with Crippen molar-refractivity contribution in [2.75, 3.05) is 0 Å². The largest absolute Gasteiger partial charge is 0.289 e. The topological polar surface area (TPSA) is 17.1 Å². The minimum absolute atomic E-state index is 0.160. The van der Waals surface area contributed by atoms with E-state index in [0.29, 0.717) is 5.92 Å². The predicted molar refractivity (Wildman–Crippen MR) is 141 cm³/mol. The maximum absolute atomic E-state index is 13.4. The smallest absolute Gasteiger partial charge is 0.190 e. The molecule has 0 saturated carbocycles. The van der Waals surface area contributed by atoms with E-state index in [1.165, 1.54) is 17.6 Å². The first-order chi connectivity index (χ1) is 14.7. The first kappa shape index (κ1) is 26.1. The molecule has 2 rings (SSSR count). The lowest BCUT2D eigenvalue weighted by Crippen LogP contribution is -2.26. The molecule has 0 spiro atoms. The van der Waals surface area contributed by atoms with E-state index in [1.807, 2.05) is 24.3 Å². The average molecular weight is 433 g/mol. The zero-order valence-electron chi connectivity index (χ0n) is 22.0. The Hall–Kier alpha value is -2.15. The van der Waals surface area contributed by atoms with Crippen LogP contribution in [0.25, 0.3) is 5.57 Å². The van der Waals surface area contributed by atoms with Gasteiger partial charge in [-0.2, -0.15) is 0 Å². The van der Waals surface area contributed by atoms with Gasteiger partial charge in [0.15, 0.2) is 5.78 Å². The summed E-state index contributed by atoms with van der Waals surface area (Å²) in [5.74, 6) is 0.870. The standard InChI is InChI=1S/C31H44O/c1-21(2)19-22(3)15-17-30(7,8)20-23(4)16-18-31(9,10)28-25(6)24(5)26-13-11-12-14-27(26)29(28)32/h11-16,21H,5,17-20H2,1-4,6-10H3/b22-15-,23-16+. The molecule has 0 fully saturated rings. The monoisotopic (exact) mass is 432 g/mol. The third kappa shape index (κ3) is 6.44. The fourth-order valence-electron chi connectivity index (χ4n) is 5.03. The number of carbonyl (C=O) groups excluding carboxylic acids is 1. The van der Waals surface area contributed by atoms with Gasteiger partial charge in [-0.15, -0.1) is 0 Å². The number of carbonyl (C=O) groups is 1. The lowest BCUT2D eigenvalue weighted by molar-refractivity contribution is 0.100. The molecule has 0 radical (unpaired) electrons. The van der Waals surface area contributed by atoms with E-state index < -0.39 is 0 Å². The molecule has 0 atom stereocenters. The van der Waals surface area contributed by atoms with Crippen molar-refractivity contribution in [3.05, 3.63) is 76.4 Å². The van der Waals surface area contributed by atoms with Gasteiger partial charge in [0.2, 0.25) is 0 Å². The van der Waals surface area contributed by atoms with Gasteiger partial charge in [0, 0.05) is 11.1 Å². The predicted octanol–water partition coefficient (Wildman–Crippen LogP) is 9.37. The third-order valence-electron chi connectivity index (χ3n) is 6.68. The van der Waals surface area contributed by atoms with E-state index >= 15 is 0 Å². The number of fused-ring (bicyclic) bond motifs is 1. The highest BCUT2D eigenvalue weighted by Crippen LogP contribution is 2.44. The second-order valence-corrected chi connectivity index (χ2v) is 11.7. The minimum Gasteiger partial charge on any atom is -0.289 e. The Kier molecular flexibility index (Phi) is 8.32. The van der Waals surface area contributed by atoms with Gasteiger partial charge in [-0.3, -0.25) is 4.79 Å². The van der Waals surface area contributed by atoms with Gasteiger partial charge >= 0.3 is 0 Å². The Morgan fingerprint density at radius 3 is 2.12 bits per heavy atom. The van der Waals surface area contributed by atoms with Crippen LogP contribution in [0.1, 0.15) is 104 Å². The first-order valence-electron chi connectivity index (χ1n) is 12.1. The number of Topliss-reactive ketones (excluding diaryl/α,β-unsaturated/α-hetero) is 1. The number of allylic oxidation sites excluding steroid dienone is 7. The lowest BCUT2D eigenvalue weighted by Gasteiger charge is -2.33. The average Bonchev–Trinajstić information content (AvgIpc) is 2.68. The van der Waals surface area contributed by atoms with E-state index in [4.69, 9.17) is 0 Å². The number of benzene rings is 1. The molecule has 1 aliphatic carbocycles. The van der Waals surface area contributed by atoms with Gasteiger partial charge in [-0.25, -0.2) is 0 Å². The molecule has 174 valence electrons. The molecule has 0 bridgehead atoms. The van der Waals surface area contributed by atoms with Crippen LogP contribution in [0.4, 0.5) is 0 Å². The van der Waals surface area contributed by atoms with Gasteiger partial charge in [-0.1, -0.05) is 95.7 Å². The molecule has 0 unspecified atom stereocenters. The molecule has 0 saturated heterocycles. The molecular formula is C31H44O. The summed E-state index contributed by atoms with van der Waals surface area (Å²) in [4.78, 5) is 13.4. The molecule has 0 heterocycles. The maximum atomic E-state index is 13.4. The van der Waals surface area contributed by atoms with Crippen molar-refractivity contribution >= 4 is 11.4 Å². The Bertz CT molecular complexity index is 960. The zero-order valence-corrected chi connectivity index (χ0v) is 22.0. The lowest BCUT2D eigenvalue weighted by atomic mass is 9.70. The van der Waals surface area contributed by atoms with E-state index in [0.717, 1.165) is 47.1 Å². The van der Waals surface area contributed by atoms with Crippen molar-refractivity contribution in [3.8, 4) is 0 Å². The van der Waals surface area contributed by atoms with Crippen molar-refractivity contribution in [1.82, 2.24) is 0 Å². The van der Waals surface area contributed by atoms with Crippen LogP contribution in [0.15, 0.2) is 65.3 Å². The number of ketones is 1. The Morgan fingerprint density at radius 2 is 1.53 bits per heavy atom. The quantitative estimate of drug-likeness (QED) is 0.355. The van der Waals surface area contributed by atoms with Gasteiger partial charge in [0.1, 0.15) is 0 Å². The van der Waals surface area contributed by atoms with Gasteiger partial charge in [-0.05, 0) is 79.9 Å². The number of rotatable bonds is 9. The highest BCUT2D eigenvalue weighted by Gasteiger charge is 2.35. The second-order valence-electron chi connectivity index (χ2n) is 11.7. The van der Waals surface area contributed by atoms with E-state index in [-0.39, 0.29) is 16.6 Å². The normalized spacial score (nSPS) is 16.2. The molecule has 1 heteroatoms. The van der Waals surface area contributed by atoms with Crippen LogP contribution in [-0.2, 0) is 0 Å². The van der Waals surface area contributed by atoms with Gasteiger partial charge in [0.05, 0.1) is 0 Å². The zero-order chi connectivity index (χ0) is 24.3. The molecule has 32 heavy (non-hydrogen) atoms. The molecule has 0 amide bonds. The molecule has 1 aromatic rings. The summed E-state index contributed by atoms with van der Waals surface area (Å²) < 4.78 is 0. The number of hydrogen-bond acceptors (Lipinski definition) is 1. The van der Waals surface area contributed by atoms with E-state index in [9.17, 15) is 4.79 Å². The van der Waals surface area contributed by atoms with E-state index in [2.05, 4.69) is 81.0 Å². The van der Waals surface area contributed by atoms with Crippen LogP contribution in [-0.4, -0.2) is 5.78 Å². The van der Waals surface area contributed by atoms with Crippen molar-refractivity contribution in [1.29, 1.82) is 0 Å². The van der Waals surface area contributed by atoms with Crippen molar-refractivity contribution in [2.24, 2.45) is 16.7 Å². The van der Waals surface area contributed by atoms with Crippen molar-refractivity contribution in [3.63, 3.8) is 0 Å². The third-order valence-corrected chi connectivity index (χ3v) is 6.68. The molecule has 1 nitrogen and oxygen atoms in total. The molecule has 1 aliphatic rings. The fourth-order valence-corrected chi connectivity index (χ4v) is 5.03. The minimum atomic E-state index is -0.239. The number of hydrogen-bond donors (Lipinski definition) is 0. The summed E-state index contributed by atoms with van der Waals surface area (Å²) in [5.41, 5.74) is 7.58. The van der Waals surface area contributed by atoms with Crippen LogP contribution < -0.4 is 0 Å². The Morgan fingerprint density at radius 1 is 0.969 bits per heavy atom. The van der Waals surface area contributed by atoms with Crippen LogP contribution in [0.3, 0.4) is 0 Å². The molecule has 1 aromatic carbocycles. The van der Waals surface area contributed by atoms with Gasteiger partial charge < -0.3 is 0 Å².